The average Bonchev–Trinajstić information content (AvgIpc) is 3.03. The number of benzene rings is 1. The molecule has 1 aliphatic heterocycles. The van der Waals surface area contributed by atoms with Crippen LogP contribution in [-0.4, -0.2) is 42.1 Å². The van der Waals surface area contributed by atoms with Crippen molar-refractivity contribution in [1.29, 1.82) is 5.26 Å². The zero-order valence-corrected chi connectivity index (χ0v) is 18.7. The molecule has 2 heterocycles. The standard InChI is InChI=1S/C24H31N3O2S/c1-18(2)15-20-21(16-25)24(30-14-9-19-7-4-3-5-8-19)26-23(22(20)17-28)27-10-6-12-29-13-11-27/h3-5,7-8,18,28H,6,9-15,17H2,1-2H3. The molecule has 160 valence electrons. The minimum absolute atomic E-state index is 0.106. The molecule has 3 rings (SSSR count). The summed E-state index contributed by atoms with van der Waals surface area (Å²) >= 11 is 1.64. The van der Waals surface area contributed by atoms with Crippen LogP contribution in [0.4, 0.5) is 5.82 Å². The van der Waals surface area contributed by atoms with E-state index in [0.29, 0.717) is 18.1 Å². The van der Waals surface area contributed by atoms with Gasteiger partial charge in [0.2, 0.25) is 0 Å². The molecule has 0 amide bonds. The first kappa shape index (κ1) is 22.6. The van der Waals surface area contributed by atoms with Gasteiger partial charge in [0.1, 0.15) is 16.9 Å². The number of ether oxygens (including phenoxy) is 1. The summed E-state index contributed by atoms with van der Waals surface area (Å²) in [6, 6.07) is 12.8. The van der Waals surface area contributed by atoms with Crippen LogP contribution in [0.1, 0.15) is 42.5 Å². The second-order valence-corrected chi connectivity index (χ2v) is 9.06. The molecule has 0 saturated carbocycles. The number of thioether (sulfide) groups is 1. The maximum atomic E-state index is 10.2. The summed E-state index contributed by atoms with van der Waals surface area (Å²) in [6.45, 7) is 7.18. The van der Waals surface area contributed by atoms with Gasteiger partial charge < -0.3 is 14.7 Å². The molecule has 1 aliphatic rings. The molecule has 0 unspecified atom stereocenters. The quantitative estimate of drug-likeness (QED) is 0.639. The Morgan fingerprint density at radius 1 is 1.20 bits per heavy atom. The normalized spacial score (nSPS) is 14.6. The van der Waals surface area contributed by atoms with Crippen molar-refractivity contribution in [1.82, 2.24) is 4.98 Å². The molecule has 0 spiro atoms. The van der Waals surface area contributed by atoms with Crippen LogP contribution in [0.5, 0.6) is 0 Å². The maximum absolute atomic E-state index is 10.2. The molecule has 1 N–H and O–H groups in total. The highest BCUT2D eigenvalue weighted by atomic mass is 32.2. The van der Waals surface area contributed by atoms with E-state index in [1.807, 2.05) is 6.07 Å². The largest absolute Gasteiger partial charge is 0.392 e. The van der Waals surface area contributed by atoms with E-state index in [1.165, 1.54) is 5.56 Å². The van der Waals surface area contributed by atoms with Gasteiger partial charge >= 0.3 is 0 Å². The molecule has 0 radical (unpaired) electrons. The number of aliphatic hydroxyl groups excluding tert-OH is 1. The van der Waals surface area contributed by atoms with Gasteiger partial charge in [-0.3, -0.25) is 0 Å². The Morgan fingerprint density at radius 2 is 2.00 bits per heavy atom. The van der Waals surface area contributed by atoms with Crippen molar-refractivity contribution < 1.29 is 9.84 Å². The second kappa shape index (κ2) is 11.4. The first-order chi connectivity index (χ1) is 14.6. The smallest absolute Gasteiger partial charge is 0.135 e. The second-order valence-electron chi connectivity index (χ2n) is 7.98. The lowest BCUT2D eigenvalue weighted by Crippen LogP contribution is -2.29. The van der Waals surface area contributed by atoms with Crippen molar-refractivity contribution in [2.45, 2.75) is 44.7 Å². The maximum Gasteiger partial charge on any atom is 0.135 e. The molecule has 30 heavy (non-hydrogen) atoms. The highest BCUT2D eigenvalue weighted by Gasteiger charge is 2.24. The Morgan fingerprint density at radius 3 is 2.70 bits per heavy atom. The molecular weight excluding hydrogens is 394 g/mol. The molecule has 0 atom stereocenters. The van der Waals surface area contributed by atoms with Crippen LogP contribution in [0.25, 0.3) is 0 Å². The third-order valence-corrected chi connectivity index (χ3v) is 6.21. The number of aliphatic hydroxyl groups is 1. The number of hydrogen-bond acceptors (Lipinski definition) is 6. The van der Waals surface area contributed by atoms with E-state index in [4.69, 9.17) is 9.72 Å². The lowest BCUT2D eigenvalue weighted by atomic mass is 9.95. The van der Waals surface area contributed by atoms with E-state index in [2.05, 4.69) is 49.1 Å². The summed E-state index contributed by atoms with van der Waals surface area (Å²) in [5.41, 5.74) is 3.66. The lowest BCUT2D eigenvalue weighted by Gasteiger charge is -2.27. The van der Waals surface area contributed by atoms with Crippen LogP contribution in [0, 0.1) is 17.2 Å². The minimum Gasteiger partial charge on any atom is -0.392 e. The van der Waals surface area contributed by atoms with Crippen molar-refractivity contribution in [2.75, 3.05) is 37.0 Å². The number of pyridine rings is 1. The molecule has 1 saturated heterocycles. The van der Waals surface area contributed by atoms with Crippen molar-refractivity contribution in [3.63, 3.8) is 0 Å². The van der Waals surface area contributed by atoms with E-state index in [-0.39, 0.29) is 6.61 Å². The Kier molecular flexibility index (Phi) is 8.56. The number of nitriles is 1. The fourth-order valence-electron chi connectivity index (χ4n) is 3.78. The van der Waals surface area contributed by atoms with Crippen molar-refractivity contribution in [2.24, 2.45) is 5.92 Å². The first-order valence-electron chi connectivity index (χ1n) is 10.7. The van der Waals surface area contributed by atoms with E-state index in [9.17, 15) is 10.4 Å². The van der Waals surface area contributed by atoms with Gasteiger partial charge in [-0.05, 0) is 36.3 Å². The van der Waals surface area contributed by atoms with Gasteiger partial charge in [0.25, 0.3) is 0 Å². The molecule has 1 aromatic carbocycles. The zero-order chi connectivity index (χ0) is 21.3. The Hall–Kier alpha value is -2.07. The third kappa shape index (κ3) is 5.75. The molecule has 6 heteroatoms. The lowest BCUT2D eigenvalue weighted by molar-refractivity contribution is 0.152. The Labute approximate surface area is 184 Å². The first-order valence-corrected chi connectivity index (χ1v) is 11.7. The highest BCUT2D eigenvalue weighted by molar-refractivity contribution is 7.99. The Balaban J connectivity index is 1.96. The van der Waals surface area contributed by atoms with Crippen LogP contribution in [0.15, 0.2) is 35.4 Å². The predicted octanol–water partition coefficient (Wildman–Crippen LogP) is 4.21. The Bertz CT molecular complexity index is 857. The summed E-state index contributed by atoms with van der Waals surface area (Å²) in [5, 5.41) is 21.0. The van der Waals surface area contributed by atoms with Crippen LogP contribution < -0.4 is 4.90 Å². The molecule has 5 nitrogen and oxygen atoms in total. The van der Waals surface area contributed by atoms with Crippen molar-refractivity contribution in [3.05, 3.63) is 52.6 Å². The van der Waals surface area contributed by atoms with E-state index in [0.717, 1.165) is 66.7 Å². The summed E-state index contributed by atoms with van der Waals surface area (Å²) < 4.78 is 5.61. The molecule has 2 aromatic rings. The van der Waals surface area contributed by atoms with Crippen molar-refractivity contribution in [3.8, 4) is 6.07 Å². The summed E-state index contributed by atoms with van der Waals surface area (Å²) in [7, 11) is 0. The number of aromatic nitrogens is 1. The summed E-state index contributed by atoms with van der Waals surface area (Å²) in [6.07, 6.45) is 2.61. The van der Waals surface area contributed by atoms with Gasteiger partial charge in [-0.15, -0.1) is 11.8 Å². The number of rotatable bonds is 8. The highest BCUT2D eigenvalue weighted by Crippen LogP contribution is 2.34. The molecule has 1 aromatic heterocycles. The predicted molar refractivity (Wildman–Crippen MR) is 122 cm³/mol. The fraction of sp³-hybridized carbons (Fsp3) is 0.500. The van der Waals surface area contributed by atoms with Crippen LogP contribution >= 0.6 is 11.8 Å². The molecule has 0 bridgehead atoms. The van der Waals surface area contributed by atoms with Gasteiger partial charge in [0.05, 0.1) is 18.8 Å². The zero-order valence-electron chi connectivity index (χ0n) is 17.9. The topological polar surface area (TPSA) is 69.4 Å². The molecule has 1 fully saturated rings. The number of nitrogens with zero attached hydrogens (tertiary/aromatic N) is 3. The van der Waals surface area contributed by atoms with Gasteiger partial charge in [-0.1, -0.05) is 44.2 Å². The van der Waals surface area contributed by atoms with E-state index in [1.54, 1.807) is 11.8 Å². The van der Waals surface area contributed by atoms with Gasteiger partial charge in [-0.25, -0.2) is 4.98 Å². The van der Waals surface area contributed by atoms with Gasteiger partial charge in [0.15, 0.2) is 0 Å². The SMILES string of the molecule is CC(C)Cc1c(C#N)c(SCCc2ccccc2)nc(N2CCCOCC2)c1CO. The average molecular weight is 426 g/mol. The summed E-state index contributed by atoms with van der Waals surface area (Å²) in [4.78, 5) is 7.14. The van der Waals surface area contributed by atoms with E-state index < -0.39 is 0 Å². The van der Waals surface area contributed by atoms with Crippen LogP contribution in [0.3, 0.4) is 0 Å². The number of hydrogen-bond donors (Lipinski definition) is 1. The van der Waals surface area contributed by atoms with Gasteiger partial charge in [-0.2, -0.15) is 5.26 Å². The van der Waals surface area contributed by atoms with Crippen LogP contribution in [-0.2, 0) is 24.2 Å². The number of aryl methyl sites for hydroxylation is 1. The van der Waals surface area contributed by atoms with E-state index >= 15 is 0 Å². The van der Waals surface area contributed by atoms with Gasteiger partial charge in [0, 0.05) is 31.0 Å². The number of anilines is 1. The minimum atomic E-state index is -0.106. The summed E-state index contributed by atoms with van der Waals surface area (Å²) in [5.74, 6) is 2.06. The van der Waals surface area contributed by atoms with Crippen molar-refractivity contribution >= 4 is 17.6 Å². The fourth-order valence-corrected chi connectivity index (χ4v) is 4.78. The third-order valence-electron chi connectivity index (χ3n) is 5.23. The molecule has 0 aliphatic carbocycles. The monoisotopic (exact) mass is 425 g/mol. The van der Waals surface area contributed by atoms with Crippen LogP contribution in [0.2, 0.25) is 0 Å². The molecular formula is C24H31N3O2S.